The fraction of sp³-hybridized carbons (Fsp3) is 0.481. The summed E-state index contributed by atoms with van der Waals surface area (Å²) in [5, 5.41) is 3.26. The highest BCUT2D eigenvalue weighted by molar-refractivity contribution is 5.80. The van der Waals surface area contributed by atoms with E-state index in [1.165, 1.54) is 17.5 Å². The summed E-state index contributed by atoms with van der Waals surface area (Å²) in [6, 6.07) is 17.0. The number of hydrogen-bond donors (Lipinski definition) is 1. The van der Waals surface area contributed by atoms with Crippen LogP contribution in [0.5, 0.6) is 0 Å². The highest BCUT2D eigenvalue weighted by atomic mass is 16.1. The van der Waals surface area contributed by atoms with Gasteiger partial charge in [0.05, 0.1) is 17.1 Å². The summed E-state index contributed by atoms with van der Waals surface area (Å²) in [4.78, 5) is 17.8. The maximum absolute atomic E-state index is 12.8. The second-order valence-electron chi connectivity index (χ2n) is 10.1. The van der Waals surface area contributed by atoms with Crippen LogP contribution in [0.15, 0.2) is 48.5 Å². The number of amides is 1. The van der Waals surface area contributed by atoms with Crippen molar-refractivity contribution in [2.24, 2.45) is 5.92 Å². The molecule has 164 valence electrons. The molecular formula is C27H35N3O. The average molecular weight is 418 g/mol. The van der Waals surface area contributed by atoms with Crippen molar-refractivity contribution in [3.05, 3.63) is 65.5 Å². The lowest BCUT2D eigenvalue weighted by Gasteiger charge is -2.23. The van der Waals surface area contributed by atoms with Crippen LogP contribution in [0.2, 0.25) is 0 Å². The lowest BCUT2D eigenvalue weighted by atomic mass is 9.87. The molecule has 1 saturated carbocycles. The van der Waals surface area contributed by atoms with Crippen LogP contribution in [-0.2, 0) is 16.8 Å². The minimum Gasteiger partial charge on any atom is -0.346 e. The molecule has 0 spiro atoms. The summed E-state index contributed by atoms with van der Waals surface area (Å²) in [6.45, 7) is 9.51. The lowest BCUT2D eigenvalue weighted by Crippen LogP contribution is -2.35. The van der Waals surface area contributed by atoms with Gasteiger partial charge in [-0.1, -0.05) is 76.4 Å². The van der Waals surface area contributed by atoms with E-state index in [0.717, 1.165) is 49.1 Å². The molecule has 2 aromatic carbocycles. The molecule has 0 aliphatic heterocycles. The first kappa shape index (κ1) is 21.6. The molecule has 1 fully saturated rings. The predicted molar refractivity (Wildman–Crippen MR) is 127 cm³/mol. The molecular weight excluding hydrogens is 382 g/mol. The van der Waals surface area contributed by atoms with Crippen molar-refractivity contribution in [2.75, 3.05) is 0 Å². The Morgan fingerprint density at radius 2 is 1.74 bits per heavy atom. The number of nitrogens with one attached hydrogen (secondary N) is 1. The molecule has 1 N–H and O–H groups in total. The molecule has 0 bridgehead atoms. The number of imidazole rings is 1. The molecule has 1 atom stereocenters. The molecule has 1 amide bonds. The number of carbonyl (C=O) groups is 1. The zero-order chi connectivity index (χ0) is 22.0. The molecule has 1 aliphatic carbocycles. The minimum absolute atomic E-state index is 0.129. The molecule has 0 radical (unpaired) electrons. The summed E-state index contributed by atoms with van der Waals surface area (Å²) >= 11 is 0. The van der Waals surface area contributed by atoms with E-state index in [4.69, 9.17) is 4.98 Å². The summed E-state index contributed by atoms with van der Waals surface area (Å²) in [7, 11) is 0. The van der Waals surface area contributed by atoms with Crippen LogP contribution in [0.4, 0.5) is 0 Å². The number of fused-ring (bicyclic) bond motifs is 1. The molecule has 4 nitrogen and oxygen atoms in total. The van der Waals surface area contributed by atoms with Crippen LogP contribution >= 0.6 is 0 Å². The number of benzene rings is 2. The molecule has 1 unspecified atom stereocenters. The van der Waals surface area contributed by atoms with Crippen LogP contribution in [0.3, 0.4) is 0 Å². The standard InChI is InChI=1S/C27H35N3O/c1-19(28-26(31)21-10-6-5-7-11-21)25-29-23-12-8-9-13-24(23)30(25)18-20-14-16-22(17-15-20)27(2,3)4/h8-9,12-17,19,21H,5-7,10-11,18H2,1-4H3,(H,28,31). The highest BCUT2D eigenvalue weighted by Gasteiger charge is 2.25. The van der Waals surface area contributed by atoms with Gasteiger partial charge in [-0.15, -0.1) is 0 Å². The van der Waals surface area contributed by atoms with Crippen molar-refractivity contribution in [1.82, 2.24) is 14.9 Å². The van der Waals surface area contributed by atoms with Gasteiger partial charge in [0.2, 0.25) is 5.91 Å². The van der Waals surface area contributed by atoms with Gasteiger partial charge in [0.25, 0.3) is 0 Å². The monoisotopic (exact) mass is 417 g/mol. The van der Waals surface area contributed by atoms with E-state index in [-0.39, 0.29) is 23.3 Å². The molecule has 1 aliphatic rings. The predicted octanol–water partition coefficient (Wildman–Crippen LogP) is 6.14. The lowest BCUT2D eigenvalue weighted by molar-refractivity contribution is -0.126. The molecule has 31 heavy (non-hydrogen) atoms. The Morgan fingerprint density at radius 3 is 2.42 bits per heavy atom. The fourth-order valence-corrected chi connectivity index (χ4v) is 4.64. The van der Waals surface area contributed by atoms with Crippen LogP contribution in [0.1, 0.15) is 82.8 Å². The van der Waals surface area contributed by atoms with Crippen LogP contribution < -0.4 is 5.32 Å². The van der Waals surface area contributed by atoms with Gasteiger partial charge < -0.3 is 9.88 Å². The first-order chi connectivity index (χ1) is 14.8. The number of rotatable bonds is 5. The first-order valence-corrected chi connectivity index (χ1v) is 11.7. The van der Waals surface area contributed by atoms with Crippen molar-refractivity contribution in [2.45, 2.75) is 77.8 Å². The smallest absolute Gasteiger partial charge is 0.223 e. The van der Waals surface area contributed by atoms with Gasteiger partial charge in [-0.25, -0.2) is 4.98 Å². The molecule has 4 rings (SSSR count). The maximum Gasteiger partial charge on any atom is 0.223 e. The third kappa shape index (κ3) is 4.84. The third-order valence-electron chi connectivity index (χ3n) is 6.57. The minimum atomic E-state index is -0.129. The Bertz CT molecular complexity index is 1040. The summed E-state index contributed by atoms with van der Waals surface area (Å²) in [6.07, 6.45) is 5.60. The van der Waals surface area contributed by atoms with Crippen LogP contribution in [0, 0.1) is 5.92 Å². The number of hydrogen-bond acceptors (Lipinski definition) is 2. The maximum atomic E-state index is 12.8. The number of carbonyl (C=O) groups excluding carboxylic acids is 1. The Morgan fingerprint density at radius 1 is 1.06 bits per heavy atom. The SMILES string of the molecule is CC(NC(=O)C1CCCCC1)c1nc2ccccc2n1Cc1ccc(C(C)(C)C)cc1. The molecule has 4 heteroatoms. The van der Waals surface area contributed by atoms with Gasteiger partial charge in [0.1, 0.15) is 5.82 Å². The Labute approximate surface area is 186 Å². The second-order valence-corrected chi connectivity index (χ2v) is 10.1. The zero-order valence-corrected chi connectivity index (χ0v) is 19.3. The molecule has 0 saturated heterocycles. The van der Waals surface area contributed by atoms with Gasteiger partial charge in [-0.05, 0) is 48.4 Å². The van der Waals surface area contributed by atoms with Gasteiger partial charge in [0.15, 0.2) is 0 Å². The van der Waals surface area contributed by atoms with Gasteiger partial charge in [-0.3, -0.25) is 4.79 Å². The number of aromatic nitrogens is 2. The zero-order valence-electron chi connectivity index (χ0n) is 19.3. The van der Waals surface area contributed by atoms with Crippen molar-refractivity contribution in [3.8, 4) is 0 Å². The van der Waals surface area contributed by atoms with E-state index in [1.54, 1.807) is 0 Å². The van der Waals surface area contributed by atoms with Gasteiger partial charge in [-0.2, -0.15) is 0 Å². The fourth-order valence-electron chi connectivity index (χ4n) is 4.64. The van der Waals surface area contributed by atoms with E-state index in [0.29, 0.717) is 0 Å². The number of nitrogens with zero attached hydrogens (tertiary/aromatic N) is 2. The highest BCUT2D eigenvalue weighted by Crippen LogP contribution is 2.27. The summed E-state index contributed by atoms with van der Waals surface area (Å²) in [5.41, 5.74) is 4.80. The second kappa shape index (κ2) is 8.86. The van der Waals surface area contributed by atoms with E-state index in [1.807, 2.05) is 12.1 Å². The topological polar surface area (TPSA) is 46.9 Å². The Hall–Kier alpha value is -2.62. The third-order valence-corrected chi connectivity index (χ3v) is 6.57. The van der Waals surface area contributed by atoms with Crippen LogP contribution in [0.25, 0.3) is 11.0 Å². The number of para-hydroxylation sites is 2. The van der Waals surface area contributed by atoms with Crippen molar-refractivity contribution >= 4 is 16.9 Å². The Balaban J connectivity index is 1.60. The van der Waals surface area contributed by atoms with Crippen molar-refractivity contribution in [1.29, 1.82) is 0 Å². The van der Waals surface area contributed by atoms with Gasteiger partial charge in [0, 0.05) is 12.5 Å². The average Bonchev–Trinajstić information content (AvgIpc) is 3.13. The van der Waals surface area contributed by atoms with Crippen molar-refractivity contribution < 1.29 is 4.79 Å². The quantitative estimate of drug-likeness (QED) is 0.542. The molecule has 1 heterocycles. The van der Waals surface area contributed by atoms with Gasteiger partial charge >= 0.3 is 0 Å². The van der Waals surface area contributed by atoms with E-state index < -0.39 is 0 Å². The van der Waals surface area contributed by atoms with Crippen molar-refractivity contribution in [3.63, 3.8) is 0 Å². The summed E-state index contributed by atoms with van der Waals surface area (Å²) < 4.78 is 2.26. The van der Waals surface area contributed by atoms with E-state index in [9.17, 15) is 4.79 Å². The van der Waals surface area contributed by atoms with E-state index >= 15 is 0 Å². The van der Waals surface area contributed by atoms with Crippen LogP contribution in [-0.4, -0.2) is 15.5 Å². The molecule has 3 aromatic rings. The Kier molecular flexibility index (Phi) is 6.17. The summed E-state index contributed by atoms with van der Waals surface area (Å²) in [5.74, 6) is 1.25. The molecule has 1 aromatic heterocycles. The first-order valence-electron chi connectivity index (χ1n) is 11.7. The largest absolute Gasteiger partial charge is 0.346 e. The normalized spacial score (nSPS) is 16.4. The van der Waals surface area contributed by atoms with E-state index in [2.05, 4.69) is 74.0 Å².